The molecule has 1 unspecified atom stereocenters. The Morgan fingerprint density at radius 1 is 1.46 bits per heavy atom. The maximum atomic E-state index is 11.7. The second-order valence-corrected chi connectivity index (χ2v) is 5.04. The molecule has 0 aliphatic rings. The molecule has 0 aliphatic carbocycles. The molecule has 0 bridgehead atoms. The number of pyridine rings is 1. The van der Waals surface area contributed by atoms with Gasteiger partial charge in [-0.15, -0.1) is 0 Å². The molecule has 0 spiro atoms. The second kappa shape index (κ2) is 6.50. The summed E-state index contributed by atoms with van der Waals surface area (Å²) < 4.78 is 6.14. The minimum absolute atomic E-state index is 0.0880. The number of aliphatic hydroxyl groups excluding tert-OH is 1. The molecule has 3 aromatic heterocycles. The SMILES string of the molecule is COC(=O)c1nn(C)cc1NC(O)c1cccc(-c2cn[nH]c2)n1. The minimum atomic E-state index is -1.12. The molecule has 9 heteroatoms. The highest BCUT2D eigenvalue weighted by Gasteiger charge is 2.20. The van der Waals surface area contributed by atoms with E-state index in [0.29, 0.717) is 17.1 Å². The number of aromatic nitrogens is 5. The van der Waals surface area contributed by atoms with Crippen molar-refractivity contribution in [2.24, 2.45) is 7.05 Å². The lowest BCUT2D eigenvalue weighted by Crippen LogP contribution is -2.14. The van der Waals surface area contributed by atoms with Crippen LogP contribution >= 0.6 is 0 Å². The van der Waals surface area contributed by atoms with Gasteiger partial charge in [0.25, 0.3) is 0 Å². The number of aliphatic hydroxyl groups is 1. The Balaban J connectivity index is 1.84. The van der Waals surface area contributed by atoms with Gasteiger partial charge in [-0.3, -0.25) is 9.78 Å². The van der Waals surface area contributed by atoms with E-state index < -0.39 is 12.2 Å². The van der Waals surface area contributed by atoms with Crippen molar-refractivity contribution in [3.63, 3.8) is 0 Å². The van der Waals surface area contributed by atoms with E-state index in [2.05, 4.69) is 30.3 Å². The summed E-state index contributed by atoms with van der Waals surface area (Å²) in [4.78, 5) is 16.1. The number of hydrogen-bond acceptors (Lipinski definition) is 7. The summed E-state index contributed by atoms with van der Waals surface area (Å²) in [6, 6.07) is 5.26. The number of methoxy groups -OCH3 is 1. The molecule has 0 fully saturated rings. The van der Waals surface area contributed by atoms with Crippen LogP contribution in [-0.2, 0) is 11.8 Å². The molecule has 3 N–H and O–H groups in total. The summed E-state index contributed by atoms with van der Waals surface area (Å²) in [6.45, 7) is 0. The average molecular weight is 328 g/mol. The zero-order chi connectivity index (χ0) is 17.1. The normalized spacial score (nSPS) is 12.0. The lowest BCUT2D eigenvalue weighted by molar-refractivity contribution is 0.0594. The third-order valence-electron chi connectivity index (χ3n) is 3.34. The van der Waals surface area contributed by atoms with Crippen LogP contribution in [0.2, 0.25) is 0 Å². The standard InChI is InChI=1S/C15H16N6O3/c1-21-8-12(13(20-21)15(23)24-2)19-14(22)11-5-3-4-10(18-11)9-6-16-17-7-9/h3-8,14,19,22H,1-2H3,(H,16,17). The number of H-pyrrole nitrogens is 1. The average Bonchev–Trinajstić information content (AvgIpc) is 3.24. The maximum absolute atomic E-state index is 11.7. The van der Waals surface area contributed by atoms with Gasteiger partial charge in [0.15, 0.2) is 11.9 Å². The van der Waals surface area contributed by atoms with Crippen LogP contribution in [0.15, 0.2) is 36.8 Å². The third-order valence-corrected chi connectivity index (χ3v) is 3.34. The molecular formula is C15H16N6O3. The van der Waals surface area contributed by atoms with Gasteiger partial charge in [0.2, 0.25) is 0 Å². The molecule has 0 radical (unpaired) electrons. The Morgan fingerprint density at radius 3 is 3.00 bits per heavy atom. The fraction of sp³-hybridized carbons (Fsp3) is 0.200. The lowest BCUT2D eigenvalue weighted by Gasteiger charge is -2.13. The minimum Gasteiger partial charge on any atom is -0.464 e. The van der Waals surface area contributed by atoms with Gasteiger partial charge < -0.3 is 15.2 Å². The Morgan fingerprint density at radius 2 is 2.29 bits per heavy atom. The van der Waals surface area contributed by atoms with Gasteiger partial charge in [0, 0.05) is 25.0 Å². The van der Waals surface area contributed by atoms with E-state index in [1.807, 2.05) is 6.07 Å². The molecule has 124 valence electrons. The van der Waals surface area contributed by atoms with Crippen molar-refractivity contribution < 1.29 is 14.6 Å². The number of anilines is 1. The van der Waals surface area contributed by atoms with Crippen molar-refractivity contribution >= 4 is 11.7 Å². The number of carbonyl (C=O) groups is 1. The van der Waals surface area contributed by atoms with Gasteiger partial charge in [0.05, 0.1) is 30.4 Å². The van der Waals surface area contributed by atoms with E-state index in [-0.39, 0.29) is 5.69 Å². The molecule has 3 aromatic rings. The summed E-state index contributed by atoms with van der Waals surface area (Å²) in [7, 11) is 2.94. The van der Waals surface area contributed by atoms with E-state index in [0.717, 1.165) is 5.56 Å². The molecule has 0 saturated heterocycles. The zero-order valence-corrected chi connectivity index (χ0v) is 13.1. The van der Waals surface area contributed by atoms with Gasteiger partial charge in [-0.1, -0.05) is 6.07 Å². The number of hydrogen-bond donors (Lipinski definition) is 3. The first-order chi connectivity index (χ1) is 11.6. The van der Waals surface area contributed by atoms with Crippen LogP contribution in [0.1, 0.15) is 22.4 Å². The number of aromatic amines is 1. The summed E-state index contributed by atoms with van der Waals surface area (Å²) >= 11 is 0. The van der Waals surface area contributed by atoms with Gasteiger partial charge >= 0.3 is 5.97 Å². The van der Waals surface area contributed by atoms with E-state index in [9.17, 15) is 9.90 Å². The predicted octanol–water partition coefficient (Wildman–Crippen LogP) is 1.09. The van der Waals surface area contributed by atoms with E-state index >= 15 is 0 Å². The maximum Gasteiger partial charge on any atom is 0.360 e. The topological polar surface area (TPSA) is 118 Å². The van der Waals surface area contributed by atoms with Crippen molar-refractivity contribution in [2.75, 3.05) is 12.4 Å². The quantitative estimate of drug-likeness (QED) is 0.474. The highest BCUT2D eigenvalue weighted by atomic mass is 16.5. The fourth-order valence-corrected chi connectivity index (χ4v) is 2.22. The predicted molar refractivity (Wildman–Crippen MR) is 84.9 cm³/mol. The molecule has 3 heterocycles. The molecule has 0 amide bonds. The zero-order valence-electron chi connectivity index (χ0n) is 13.1. The van der Waals surface area contributed by atoms with Crippen LogP contribution < -0.4 is 5.32 Å². The first-order valence-corrected chi connectivity index (χ1v) is 7.11. The van der Waals surface area contributed by atoms with Crippen LogP contribution in [0.25, 0.3) is 11.3 Å². The van der Waals surface area contributed by atoms with Crippen molar-refractivity contribution in [1.82, 2.24) is 25.0 Å². The third kappa shape index (κ3) is 3.10. The van der Waals surface area contributed by atoms with Crippen molar-refractivity contribution in [3.05, 3.63) is 48.2 Å². The highest BCUT2D eigenvalue weighted by Crippen LogP contribution is 2.22. The number of esters is 1. The first kappa shape index (κ1) is 15.7. The largest absolute Gasteiger partial charge is 0.464 e. The Hall–Kier alpha value is -3.20. The monoisotopic (exact) mass is 328 g/mol. The number of nitrogens with zero attached hydrogens (tertiary/aromatic N) is 4. The molecule has 1 atom stereocenters. The second-order valence-electron chi connectivity index (χ2n) is 5.04. The number of aryl methyl sites for hydroxylation is 1. The molecule has 0 aromatic carbocycles. The fourth-order valence-electron chi connectivity index (χ4n) is 2.22. The number of ether oxygens (including phenoxy) is 1. The molecule has 0 aliphatic heterocycles. The van der Waals surface area contributed by atoms with Gasteiger partial charge in [0.1, 0.15) is 0 Å². The highest BCUT2D eigenvalue weighted by molar-refractivity contribution is 5.93. The van der Waals surface area contributed by atoms with Crippen LogP contribution in [0.4, 0.5) is 5.69 Å². The van der Waals surface area contributed by atoms with Crippen LogP contribution in [-0.4, -0.2) is 43.1 Å². The van der Waals surface area contributed by atoms with Crippen molar-refractivity contribution in [3.8, 4) is 11.3 Å². The Kier molecular flexibility index (Phi) is 4.25. The van der Waals surface area contributed by atoms with Crippen molar-refractivity contribution in [1.29, 1.82) is 0 Å². The Labute approximate surface area is 137 Å². The van der Waals surface area contributed by atoms with Crippen LogP contribution in [0.3, 0.4) is 0 Å². The number of carbonyl (C=O) groups excluding carboxylic acids is 1. The molecule has 24 heavy (non-hydrogen) atoms. The summed E-state index contributed by atoms with van der Waals surface area (Å²) in [5.41, 5.74) is 2.31. The van der Waals surface area contributed by atoms with Gasteiger partial charge in [-0.25, -0.2) is 9.78 Å². The summed E-state index contributed by atoms with van der Waals surface area (Å²) in [5, 5.41) is 23.8. The molecular weight excluding hydrogens is 312 g/mol. The number of nitrogens with one attached hydrogen (secondary N) is 2. The molecule has 3 rings (SSSR count). The Bertz CT molecular complexity index is 843. The van der Waals surface area contributed by atoms with E-state index in [4.69, 9.17) is 0 Å². The molecule has 0 saturated carbocycles. The smallest absolute Gasteiger partial charge is 0.360 e. The van der Waals surface area contributed by atoms with Crippen LogP contribution in [0.5, 0.6) is 0 Å². The summed E-state index contributed by atoms with van der Waals surface area (Å²) in [5.74, 6) is -0.592. The van der Waals surface area contributed by atoms with E-state index in [1.165, 1.54) is 11.8 Å². The van der Waals surface area contributed by atoms with Crippen LogP contribution in [0, 0.1) is 0 Å². The van der Waals surface area contributed by atoms with Gasteiger partial charge in [-0.2, -0.15) is 10.2 Å². The van der Waals surface area contributed by atoms with Gasteiger partial charge in [-0.05, 0) is 12.1 Å². The van der Waals surface area contributed by atoms with Crippen molar-refractivity contribution in [2.45, 2.75) is 6.23 Å². The molecule has 9 nitrogen and oxygen atoms in total. The lowest BCUT2D eigenvalue weighted by atomic mass is 10.2. The summed E-state index contributed by atoms with van der Waals surface area (Å²) in [6.07, 6.45) is 3.81. The first-order valence-electron chi connectivity index (χ1n) is 7.11. The number of rotatable bonds is 5. The van der Waals surface area contributed by atoms with E-state index in [1.54, 1.807) is 37.8 Å².